The van der Waals surface area contributed by atoms with Crippen molar-refractivity contribution in [2.24, 2.45) is 0 Å². The predicted molar refractivity (Wildman–Crippen MR) is 49.1 cm³/mol. The Hall–Kier alpha value is -0.960. The van der Waals surface area contributed by atoms with E-state index in [1.165, 1.54) is 19.1 Å². The monoisotopic (exact) mass is 198 g/mol. The molecule has 1 N–H and O–H groups in total. The van der Waals surface area contributed by atoms with Crippen molar-refractivity contribution in [1.82, 2.24) is 0 Å². The van der Waals surface area contributed by atoms with Gasteiger partial charge in [-0.15, -0.1) is 0 Å². The number of benzene rings is 1. The van der Waals surface area contributed by atoms with Crippen LogP contribution >= 0.6 is 0 Å². The van der Waals surface area contributed by atoms with Crippen LogP contribution in [-0.2, 0) is 0 Å². The minimum absolute atomic E-state index is 0.0138. The number of aliphatic hydroxyl groups is 1. The first-order chi connectivity index (χ1) is 6.58. The van der Waals surface area contributed by atoms with Gasteiger partial charge < -0.3 is 5.11 Å². The first kappa shape index (κ1) is 9.59. The van der Waals surface area contributed by atoms with Crippen molar-refractivity contribution < 1.29 is 13.9 Å². The van der Waals surface area contributed by atoms with Gasteiger partial charge in [-0.25, -0.2) is 8.78 Å². The molecule has 1 aromatic carbocycles. The lowest BCUT2D eigenvalue weighted by Gasteiger charge is -2.32. The highest BCUT2D eigenvalue weighted by atomic mass is 19.1. The van der Waals surface area contributed by atoms with E-state index in [-0.39, 0.29) is 23.7 Å². The van der Waals surface area contributed by atoms with Crippen LogP contribution in [0.5, 0.6) is 0 Å². The lowest BCUT2D eigenvalue weighted by Crippen LogP contribution is -2.27. The van der Waals surface area contributed by atoms with Crippen LogP contribution in [0.25, 0.3) is 0 Å². The second kappa shape index (κ2) is 3.31. The Kier molecular flexibility index (Phi) is 2.27. The minimum atomic E-state index is -0.372. The summed E-state index contributed by atoms with van der Waals surface area (Å²) in [7, 11) is 0. The number of rotatable bonds is 1. The van der Waals surface area contributed by atoms with E-state index in [0.29, 0.717) is 24.0 Å². The van der Waals surface area contributed by atoms with Gasteiger partial charge in [0.2, 0.25) is 0 Å². The van der Waals surface area contributed by atoms with Gasteiger partial charge in [0.15, 0.2) is 0 Å². The zero-order valence-electron chi connectivity index (χ0n) is 7.93. The Bertz CT molecular complexity index is 357. The van der Waals surface area contributed by atoms with E-state index in [4.69, 9.17) is 5.11 Å². The Morgan fingerprint density at radius 1 is 1.21 bits per heavy atom. The fourth-order valence-corrected chi connectivity index (χ4v) is 1.82. The topological polar surface area (TPSA) is 20.2 Å². The largest absolute Gasteiger partial charge is 0.393 e. The van der Waals surface area contributed by atoms with Crippen molar-refractivity contribution in [3.63, 3.8) is 0 Å². The molecule has 1 aromatic rings. The SMILES string of the molecule is Cc1cc(F)c(C2CC(O)C2)cc1F. The molecule has 0 unspecified atom stereocenters. The summed E-state index contributed by atoms with van der Waals surface area (Å²) in [6, 6.07) is 2.47. The molecule has 14 heavy (non-hydrogen) atoms. The highest BCUT2D eigenvalue weighted by molar-refractivity contribution is 5.29. The van der Waals surface area contributed by atoms with Crippen LogP contribution in [0.1, 0.15) is 29.9 Å². The first-order valence-corrected chi connectivity index (χ1v) is 4.71. The Balaban J connectivity index is 2.30. The molecule has 76 valence electrons. The zero-order chi connectivity index (χ0) is 10.3. The van der Waals surface area contributed by atoms with Crippen LogP contribution in [0.3, 0.4) is 0 Å². The molecule has 1 fully saturated rings. The van der Waals surface area contributed by atoms with Crippen LogP contribution in [0.2, 0.25) is 0 Å². The fraction of sp³-hybridized carbons (Fsp3) is 0.455. The van der Waals surface area contributed by atoms with Gasteiger partial charge in [0.05, 0.1) is 6.10 Å². The van der Waals surface area contributed by atoms with Crippen molar-refractivity contribution in [3.05, 3.63) is 34.9 Å². The summed E-state index contributed by atoms with van der Waals surface area (Å²) in [5, 5.41) is 9.08. The average Bonchev–Trinajstić information content (AvgIpc) is 2.07. The maximum Gasteiger partial charge on any atom is 0.127 e. The minimum Gasteiger partial charge on any atom is -0.393 e. The highest BCUT2D eigenvalue weighted by Gasteiger charge is 2.30. The van der Waals surface area contributed by atoms with Gasteiger partial charge in [-0.2, -0.15) is 0 Å². The van der Waals surface area contributed by atoms with Gasteiger partial charge >= 0.3 is 0 Å². The standard InChI is InChI=1S/C11H12F2O/c1-6-2-11(13)9(5-10(6)12)7-3-8(14)4-7/h2,5,7-8,14H,3-4H2,1H3. The summed E-state index contributed by atoms with van der Waals surface area (Å²) in [5.74, 6) is -0.747. The van der Waals surface area contributed by atoms with E-state index < -0.39 is 0 Å². The summed E-state index contributed by atoms with van der Waals surface area (Å²) in [5.41, 5.74) is 0.726. The third kappa shape index (κ3) is 1.52. The Labute approximate surface area is 81.4 Å². The number of halogens is 2. The Morgan fingerprint density at radius 2 is 1.86 bits per heavy atom. The number of hydrogen-bond acceptors (Lipinski definition) is 1. The summed E-state index contributed by atoms with van der Waals surface area (Å²) in [4.78, 5) is 0. The van der Waals surface area contributed by atoms with E-state index in [1.807, 2.05) is 0 Å². The fourth-order valence-electron chi connectivity index (χ4n) is 1.82. The second-order valence-corrected chi connectivity index (χ2v) is 3.95. The summed E-state index contributed by atoms with van der Waals surface area (Å²) in [6.07, 6.45) is 0.738. The van der Waals surface area contributed by atoms with Crippen molar-refractivity contribution in [2.75, 3.05) is 0 Å². The third-order valence-electron chi connectivity index (χ3n) is 2.83. The molecule has 0 spiro atoms. The molecule has 3 heteroatoms. The van der Waals surface area contributed by atoms with Crippen LogP contribution < -0.4 is 0 Å². The first-order valence-electron chi connectivity index (χ1n) is 4.71. The van der Waals surface area contributed by atoms with E-state index >= 15 is 0 Å². The predicted octanol–water partition coefficient (Wildman–Crippen LogP) is 2.51. The molecule has 0 aromatic heterocycles. The smallest absolute Gasteiger partial charge is 0.127 e. The molecule has 0 radical (unpaired) electrons. The van der Waals surface area contributed by atoms with Gasteiger partial charge in [-0.05, 0) is 48.9 Å². The summed E-state index contributed by atoms with van der Waals surface area (Å²) in [6.45, 7) is 1.54. The molecule has 2 rings (SSSR count). The molecule has 0 heterocycles. The van der Waals surface area contributed by atoms with Crippen molar-refractivity contribution >= 4 is 0 Å². The molecule has 0 bridgehead atoms. The van der Waals surface area contributed by atoms with Crippen LogP contribution in [0, 0.1) is 18.6 Å². The molecule has 0 saturated heterocycles. The van der Waals surface area contributed by atoms with Gasteiger partial charge in [0.1, 0.15) is 11.6 Å². The molecule has 0 aliphatic heterocycles. The van der Waals surface area contributed by atoms with Crippen LogP contribution in [0.15, 0.2) is 12.1 Å². The lowest BCUT2D eigenvalue weighted by molar-refractivity contribution is 0.0733. The maximum atomic E-state index is 13.4. The van der Waals surface area contributed by atoms with Gasteiger partial charge in [0.25, 0.3) is 0 Å². The molecular formula is C11H12F2O. The van der Waals surface area contributed by atoms with Crippen LogP contribution in [-0.4, -0.2) is 11.2 Å². The molecular weight excluding hydrogens is 186 g/mol. The van der Waals surface area contributed by atoms with E-state index in [2.05, 4.69) is 0 Å². The van der Waals surface area contributed by atoms with E-state index in [0.717, 1.165) is 0 Å². The van der Waals surface area contributed by atoms with E-state index in [1.54, 1.807) is 0 Å². The number of aliphatic hydroxyl groups excluding tert-OH is 1. The lowest BCUT2D eigenvalue weighted by atomic mass is 9.77. The van der Waals surface area contributed by atoms with Crippen molar-refractivity contribution in [2.45, 2.75) is 31.8 Å². The number of hydrogen-bond donors (Lipinski definition) is 1. The maximum absolute atomic E-state index is 13.4. The summed E-state index contributed by atoms with van der Waals surface area (Å²) < 4.78 is 26.5. The molecule has 1 aliphatic rings. The van der Waals surface area contributed by atoms with Crippen LogP contribution in [0.4, 0.5) is 8.78 Å². The van der Waals surface area contributed by atoms with Gasteiger partial charge in [-0.1, -0.05) is 0 Å². The molecule has 0 amide bonds. The third-order valence-corrected chi connectivity index (χ3v) is 2.83. The highest BCUT2D eigenvalue weighted by Crippen LogP contribution is 2.38. The van der Waals surface area contributed by atoms with Gasteiger partial charge in [-0.3, -0.25) is 0 Å². The molecule has 1 aliphatic carbocycles. The zero-order valence-corrected chi connectivity index (χ0v) is 7.93. The molecule has 0 atom stereocenters. The molecule has 1 saturated carbocycles. The van der Waals surface area contributed by atoms with Gasteiger partial charge in [0, 0.05) is 0 Å². The number of aryl methyl sites for hydroxylation is 1. The molecule has 1 nitrogen and oxygen atoms in total. The second-order valence-electron chi connectivity index (χ2n) is 3.95. The van der Waals surface area contributed by atoms with E-state index in [9.17, 15) is 8.78 Å². The summed E-state index contributed by atoms with van der Waals surface area (Å²) >= 11 is 0. The quantitative estimate of drug-likeness (QED) is 0.735. The van der Waals surface area contributed by atoms with Crippen molar-refractivity contribution in [1.29, 1.82) is 0 Å². The van der Waals surface area contributed by atoms with Crippen molar-refractivity contribution in [3.8, 4) is 0 Å². The average molecular weight is 198 g/mol. The Morgan fingerprint density at radius 3 is 2.43 bits per heavy atom. The normalized spacial score (nSPS) is 26.0.